The Morgan fingerprint density at radius 2 is 2.00 bits per heavy atom. The molecule has 1 saturated heterocycles. The van der Waals surface area contributed by atoms with Gasteiger partial charge in [-0.25, -0.2) is 4.79 Å². The average Bonchev–Trinajstić information content (AvgIpc) is 2.95. The lowest BCUT2D eigenvalue weighted by Gasteiger charge is -2.22. The summed E-state index contributed by atoms with van der Waals surface area (Å²) < 4.78 is 11.5. The van der Waals surface area contributed by atoms with Gasteiger partial charge in [0.1, 0.15) is 6.04 Å². The number of fused-ring (bicyclic) bond motifs is 1. The molecule has 0 aliphatic carbocycles. The zero-order chi connectivity index (χ0) is 18.4. The van der Waals surface area contributed by atoms with Crippen molar-refractivity contribution < 1.29 is 24.0 Å². The zero-order valence-electron chi connectivity index (χ0n) is 15.3. The minimum Gasteiger partial charge on any atom is -0.490 e. The van der Waals surface area contributed by atoms with Gasteiger partial charge < -0.3 is 19.7 Å². The van der Waals surface area contributed by atoms with Gasteiger partial charge in [-0.05, 0) is 24.6 Å². The molecule has 26 heavy (non-hydrogen) atoms. The summed E-state index contributed by atoms with van der Waals surface area (Å²) in [6, 6.07) is 5.89. The number of amides is 3. The first-order valence-corrected chi connectivity index (χ1v) is 9.49. The summed E-state index contributed by atoms with van der Waals surface area (Å²) in [6.45, 7) is 5.08. The van der Waals surface area contributed by atoms with Crippen molar-refractivity contribution in [1.29, 1.82) is 0 Å². The van der Waals surface area contributed by atoms with E-state index in [1.165, 1.54) is 4.90 Å². The fourth-order valence-electron chi connectivity index (χ4n) is 3.58. The van der Waals surface area contributed by atoms with Crippen LogP contribution in [0, 0.1) is 0 Å². The minimum atomic E-state index is -0.414. The lowest BCUT2D eigenvalue weighted by atomic mass is 10.0. The molecule has 2 atom stereocenters. The second-order valence-electron chi connectivity index (χ2n) is 6.84. The van der Waals surface area contributed by atoms with E-state index in [9.17, 15) is 9.59 Å². The second kappa shape index (κ2) is 8.89. The van der Waals surface area contributed by atoms with Crippen molar-refractivity contribution in [3.8, 4) is 11.5 Å². The lowest BCUT2D eigenvalue weighted by molar-refractivity contribution is -0.910. The molecule has 1 fully saturated rings. The fraction of sp³-hybridized carbons (Fsp3) is 0.579. The van der Waals surface area contributed by atoms with Crippen LogP contribution in [-0.4, -0.2) is 44.8 Å². The summed E-state index contributed by atoms with van der Waals surface area (Å²) in [5, 5.41) is 5.08. The number of rotatable bonds is 5. The highest BCUT2D eigenvalue weighted by molar-refractivity contribution is 5.94. The van der Waals surface area contributed by atoms with Crippen LogP contribution in [0.3, 0.4) is 0 Å². The number of benzene rings is 1. The number of hydrogen-bond donors (Lipinski definition) is 3. The van der Waals surface area contributed by atoms with Crippen LogP contribution < -0.4 is 25.0 Å². The molecule has 1 unspecified atom stereocenters. The first-order chi connectivity index (χ1) is 12.7. The number of hydrogen-bond acceptors (Lipinski definition) is 4. The molecule has 2 aliphatic heterocycles. The van der Waals surface area contributed by atoms with Crippen LogP contribution in [0.15, 0.2) is 18.2 Å². The lowest BCUT2D eigenvalue weighted by Crippen LogP contribution is -3.11. The number of carbonyl (C=O) groups excluding carboxylic acids is 2. The standard InChI is InChI=1S/C19H27N3O4/c1-2-8-20-19(24)21-18(23)13-22-9-3-5-15(22)14-6-7-16-17(12-14)26-11-4-10-25-16/h6-7,12,15H,2-5,8-11,13H2,1H3,(H2,20,21,23,24)/p+1/t15-/m0/s1. The molecule has 0 bridgehead atoms. The van der Waals surface area contributed by atoms with E-state index in [2.05, 4.69) is 16.7 Å². The number of likely N-dealkylation sites (tertiary alicyclic amines) is 1. The van der Waals surface area contributed by atoms with Crippen LogP contribution in [-0.2, 0) is 4.79 Å². The SMILES string of the molecule is CCCNC(=O)NC(=O)C[NH+]1CCC[C@H]1c1ccc2c(c1)OCCCO2. The van der Waals surface area contributed by atoms with E-state index in [0.29, 0.717) is 26.3 Å². The van der Waals surface area contributed by atoms with Crippen LogP contribution >= 0.6 is 0 Å². The fourth-order valence-corrected chi connectivity index (χ4v) is 3.58. The van der Waals surface area contributed by atoms with Gasteiger partial charge in [-0.1, -0.05) is 6.92 Å². The maximum Gasteiger partial charge on any atom is 0.321 e. The maximum atomic E-state index is 12.2. The number of imide groups is 1. The molecule has 0 spiro atoms. The summed E-state index contributed by atoms with van der Waals surface area (Å²) in [7, 11) is 0. The van der Waals surface area contributed by atoms with E-state index in [1.807, 2.05) is 19.1 Å². The van der Waals surface area contributed by atoms with Crippen molar-refractivity contribution in [1.82, 2.24) is 10.6 Å². The van der Waals surface area contributed by atoms with Crippen molar-refractivity contribution in [2.45, 2.75) is 38.6 Å². The summed E-state index contributed by atoms with van der Waals surface area (Å²) in [6.07, 6.45) is 3.80. The Morgan fingerprint density at radius 1 is 1.19 bits per heavy atom. The van der Waals surface area contributed by atoms with E-state index < -0.39 is 6.03 Å². The molecule has 1 aromatic rings. The van der Waals surface area contributed by atoms with Gasteiger partial charge in [0.25, 0.3) is 5.91 Å². The van der Waals surface area contributed by atoms with E-state index in [-0.39, 0.29) is 11.9 Å². The molecular weight excluding hydrogens is 334 g/mol. The Balaban J connectivity index is 1.62. The highest BCUT2D eigenvalue weighted by atomic mass is 16.5. The van der Waals surface area contributed by atoms with Crippen LogP contribution in [0.25, 0.3) is 0 Å². The summed E-state index contributed by atoms with van der Waals surface area (Å²) in [4.78, 5) is 25.0. The molecule has 3 rings (SSSR count). The zero-order valence-corrected chi connectivity index (χ0v) is 15.3. The highest BCUT2D eigenvalue weighted by Gasteiger charge is 2.32. The largest absolute Gasteiger partial charge is 0.490 e. The van der Waals surface area contributed by atoms with E-state index in [1.54, 1.807) is 0 Å². The Morgan fingerprint density at radius 3 is 2.81 bits per heavy atom. The number of carbonyl (C=O) groups is 2. The molecule has 142 valence electrons. The number of nitrogens with one attached hydrogen (secondary N) is 3. The summed E-state index contributed by atoms with van der Waals surface area (Å²) >= 11 is 0. The van der Waals surface area contributed by atoms with Crippen molar-refractivity contribution in [3.05, 3.63) is 23.8 Å². The third kappa shape index (κ3) is 4.66. The molecule has 0 radical (unpaired) electrons. The van der Waals surface area contributed by atoms with Gasteiger partial charge in [0.2, 0.25) is 0 Å². The normalized spacial score (nSPS) is 21.7. The van der Waals surface area contributed by atoms with Crippen molar-refractivity contribution >= 4 is 11.9 Å². The molecule has 3 amide bonds. The molecule has 7 heteroatoms. The predicted octanol–water partition coefficient (Wildman–Crippen LogP) is 0.804. The minimum absolute atomic E-state index is 0.233. The first kappa shape index (κ1) is 18.5. The van der Waals surface area contributed by atoms with Gasteiger partial charge in [0.05, 0.1) is 19.8 Å². The third-order valence-electron chi connectivity index (χ3n) is 4.83. The smallest absolute Gasteiger partial charge is 0.321 e. The molecule has 1 aromatic carbocycles. The van der Waals surface area contributed by atoms with Crippen LogP contribution in [0.2, 0.25) is 0 Å². The van der Waals surface area contributed by atoms with Crippen molar-refractivity contribution in [2.24, 2.45) is 0 Å². The Labute approximate surface area is 154 Å². The van der Waals surface area contributed by atoms with Crippen LogP contribution in [0.5, 0.6) is 11.5 Å². The molecule has 0 saturated carbocycles. The van der Waals surface area contributed by atoms with Crippen LogP contribution in [0.4, 0.5) is 4.79 Å². The van der Waals surface area contributed by atoms with Gasteiger partial charge in [-0.2, -0.15) is 0 Å². The van der Waals surface area contributed by atoms with E-state index >= 15 is 0 Å². The Hall–Kier alpha value is -2.28. The average molecular weight is 362 g/mol. The number of urea groups is 1. The van der Waals surface area contributed by atoms with Gasteiger partial charge in [0.15, 0.2) is 18.0 Å². The Bertz CT molecular complexity index is 650. The van der Waals surface area contributed by atoms with Crippen molar-refractivity contribution in [3.63, 3.8) is 0 Å². The van der Waals surface area contributed by atoms with E-state index in [0.717, 1.165) is 49.3 Å². The molecule has 7 nitrogen and oxygen atoms in total. The molecule has 2 aliphatic rings. The Kier molecular flexibility index (Phi) is 6.33. The quantitative estimate of drug-likeness (QED) is 0.724. The summed E-state index contributed by atoms with van der Waals surface area (Å²) in [5.41, 5.74) is 1.16. The first-order valence-electron chi connectivity index (χ1n) is 9.49. The second-order valence-corrected chi connectivity index (χ2v) is 6.84. The van der Waals surface area contributed by atoms with Gasteiger partial charge in [0, 0.05) is 31.4 Å². The molecule has 0 aromatic heterocycles. The van der Waals surface area contributed by atoms with Crippen LogP contribution in [0.1, 0.15) is 44.2 Å². The highest BCUT2D eigenvalue weighted by Crippen LogP contribution is 2.33. The van der Waals surface area contributed by atoms with Gasteiger partial charge in [-0.15, -0.1) is 0 Å². The number of quaternary nitrogens is 1. The molecule has 3 N–H and O–H groups in total. The summed E-state index contributed by atoms with van der Waals surface area (Å²) in [5.74, 6) is 1.33. The maximum absolute atomic E-state index is 12.2. The number of ether oxygens (including phenoxy) is 2. The van der Waals surface area contributed by atoms with Gasteiger partial charge in [-0.3, -0.25) is 10.1 Å². The topological polar surface area (TPSA) is 81.1 Å². The predicted molar refractivity (Wildman–Crippen MR) is 96.6 cm³/mol. The molecular formula is C19H28N3O4+. The van der Waals surface area contributed by atoms with Crippen molar-refractivity contribution in [2.75, 3.05) is 32.8 Å². The molecule has 2 heterocycles. The monoisotopic (exact) mass is 362 g/mol. The van der Waals surface area contributed by atoms with Gasteiger partial charge >= 0.3 is 6.03 Å². The third-order valence-corrected chi connectivity index (χ3v) is 4.83. The van der Waals surface area contributed by atoms with E-state index in [4.69, 9.17) is 9.47 Å².